The van der Waals surface area contributed by atoms with Crippen LogP contribution >= 0.6 is 0 Å². The van der Waals surface area contributed by atoms with Gasteiger partial charge in [-0.15, -0.1) is 0 Å². The van der Waals surface area contributed by atoms with E-state index < -0.39 is 7.12 Å². The van der Waals surface area contributed by atoms with Crippen LogP contribution in [0.2, 0.25) is 0 Å². The first kappa shape index (κ1) is 16.0. The fourth-order valence-electron chi connectivity index (χ4n) is 1.85. The SMILES string of the molecule is COc1ccc(CN(C)CCN(C)C)cc1B(O)O. The van der Waals surface area contributed by atoms with E-state index in [4.69, 9.17) is 4.74 Å². The third-order valence-electron chi connectivity index (χ3n) is 2.95. The quantitative estimate of drug-likeness (QED) is 0.643. The van der Waals surface area contributed by atoms with Gasteiger partial charge in [0.05, 0.1) is 7.11 Å². The summed E-state index contributed by atoms with van der Waals surface area (Å²) < 4.78 is 5.11. The maximum Gasteiger partial charge on any atom is 0.492 e. The molecule has 0 saturated heterocycles. The van der Waals surface area contributed by atoms with E-state index in [1.165, 1.54) is 7.11 Å². The summed E-state index contributed by atoms with van der Waals surface area (Å²) in [4.78, 5) is 4.32. The van der Waals surface area contributed by atoms with Gasteiger partial charge in [0.2, 0.25) is 0 Å². The minimum Gasteiger partial charge on any atom is -0.497 e. The topological polar surface area (TPSA) is 56.2 Å². The minimum absolute atomic E-state index is 0.404. The number of hydrogen-bond acceptors (Lipinski definition) is 5. The molecule has 19 heavy (non-hydrogen) atoms. The first-order valence-electron chi connectivity index (χ1n) is 6.30. The average molecular weight is 266 g/mol. The molecule has 1 aromatic rings. The van der Waals surface area contributed by atoms with Crippen molar-refractivity contribution in [2.75, 3.05) is 41.3 Å². The molecule has 5 nitrogen and oxygen atoms in total. The molecule has 0 bridgehead atoms. The molecule has 1 rings (SSSR count). The summed E-state index contributed by atoms with van der Waals surface area (Å²) >= 11 is 0. The highest BCUT2D eigenvalue weighted by molar-refractivity contribution is 6.59. The van der Waals surface area contributed by atoms with Crippen LogP contribution in [0.15, 0.2) is 18.2 Å². The van der Waals surface area contributed by atoms with E-state index in [9.17, 15) is 10.0 Å². The predicted molar refractivity (Wildman–Crippen MR) is 77.7 cm³/mol. The van der Waals surface area contributed by atoms with Gasteiger partial charge in [-0.25, -0.2) is 0 Å². The minimum atomic E-state index is -1.51. The maximum atomic E-state index is 9.33. The molecule has 6 heteroatoms. The molecule has 0 aromatic heterocycles. The number of likely N-dealkylation sites (N-methyl/N-ethyl adjacent to an activating group) is 2. The zero-order valence-corrected chi connectivity index (χ0v) is 12.1. The molecule has 0 saturated carbocycles. The molecule has 0 fully saturated rings. The van der Waals surface area contributed by atoms with Crippen molar-refractivity contribution in [3.8, 4) is 5.75 Å². The van der Waals surface area contributed by atoms with E-state index in [1.54, 1.807) is 12.1 Å². The van der Waals surface area contributed by atoms with E-state index in [2.05, 4.69) is 9.80 Å². The van der Waals surface area contributed by atoms with Crippen LogP contribution in [0.4, 0.5) is 0 Å². The normalized spacial score (nSPS) is 11.2. The number of hydrogen-bond donors (Lipinski definition) is 2. The Bertz CT molecular complexity index is 399. The van der Waals surface area contributed by atoms with Crippen LogP contribution in [0.5, 0.6) is 5.75 Å². The summed E-state index contributed by atoms with van der Waals surface area (Å²) in [6.07, 6.45) is 0. The second kappa shape index (κ2) is 7.50. The van der Waals surface area contributed by atoms with Crippen molar-refractivity contribution in [1.82, 2.24) is 9.80 Å². The molecule has 0 aliphatic heterocycles. The van der Waals surface area contributed by atoms with Gasteiger partial charge in [-0.3, -0.25) is 0 Å². The zero-order chi connectivity index (χ0) is 14.4. The average Bonchev–Trinajstić information content (AvgIpc) is 2.36. The molecule has 0 heterocycles. The molecule has 1 aromatic carbocycles. The van der Waals surface area contributed by atoms with Gasteiger partial charge in [-0.2, -0.15) is 0 Å². The van der Waals surface area contributed by atoms with Gasteiger partial charge in [0.1, 0.15) is 5.75 Å². The molecular weight excluding hydrogens is 243 g/mol. The summed E-state index contributed by atoms with van der Waals surface area (Å²) in [5.41, 5.74) is 1.44. The highest BCUT2D eigenvalue weighted by atomic mass is 16.5. The van der Waals surface area contributed by atoms with Gasteiger partial charge in [0.15, 0.2) is 0 Å². The lowest BCUT2D eigenvalue weighted by atomic mass is 9.78. The molecule has 0 atom stereocenters. The van der Waals surface area contributed by atoms with Crippen molar-refractivity contribution in [1.29, 1.82) is 0 Å². The second-order valence-electron chi connectivity index (χ2n) is 4.99. The van der Waals surface area contributed by atoms with Crippen LogP contribution in [0.1, 0.15) is 5.56 Å². The maximum absolute atomic E-state index is 9.33. The molecule has 0 aliphatic rings. The van der Waals surface area contributed by atoms with Crippen LogP contribution in [0, 0.1) is 0 Å². The van der Waals surface area contributed by atoms with Crippen molar-refractivity contribution in [3.05, 3.63) is 23.8 Å². The molecule has 2 N–H and O–H groups in total. The molecule has 0 aliphatic carbocycles. The number of rotatable bonds is 7. The van der Waals surface area contributed by atoms with E-state index in [1.807, 2.05) is 27.2 Å². The Morgan fingerprint density at radius 1 is 1.16 bits per heavy atom. The highest BCUT2D eigenvalue weighted by Gasteiger charge is 2.17. The standard InChI is InChI=1S/C13H23BN2O3/c1-15(2)7-8-16(3)10-11-5-6-13(19-4)12(9-11)14(17)18/h5-6,9,17-18H,7-8,10H2,1-4H3. The van der Waals surface area contributed by atoms with Gasteiger partial charge in [0, 0.05) is 25.1 Å². The lowest BCUT2D eigenvalue weighted by Gasteiger charge is -2.20. The highest BCUT2D eigenvalue weighted by Crippen LogP contribution is 2.11. The van der Waals surface area contributed by atoms with Gasteiger partial charge in [-0.05, 0) is 32.8 Å². The molecule has 0 radical (unpaired) electrons. The third kappa shape index (κ3) is 5.20. The van der Waals surface area contributed by atoms with Crippen molar-refractivity contribution < 1.29 is 14.8 Å². The smallest absolute Gasteiger partial charge is 0.492 e. The summed E-state index contributed by atoms with van der Waals surface area (Å²) in [6.45, 7) is 2.70. The molecule has 0 spiro atoms. The fourth-order valence-corrected chi connectivity index (χ4v) is 1.85. The van der Waals surface area contributed by atoms with Gasteiger partial charge >= 0.3 is 7.12 Å². The Morgan fingerprint density at radius 3 is 2.37 bits per heavy atom. The van der Waals surface area contributed by atoms with Crippen LogP contribution < -0.4 is 10.2 Å². The lowest BCUT2D eigenvalue weighted by Crippen LogP contribution is -2.32. The number of ether oxygens (including phenoxy) is 1. The predicted octanol–water partition coefficient (Wildman–Crippen LogP) is -0.632. The lowest BCUT2D eigenvalue weighted by molar-refractivity contribution is 0.276. The van der Waals surface area contributed by atoms with E-state index in [0.717, 1.165) is 25.2 Å². The number of benzene rings is 1. The van der Waals surface area contributed by atoms with Crippen molar-refractivity contribution >= 4 is 12.6 Å². The van der Waals surface area contributed by atoms with Crippen molar-refractivity contribution in [2.45, 2.75) is 6.54 Å². The summed E-state index contributed by atoms with van der Waals surface area (Å²) in [5, 5.41) is 18.7. The van der Waals surface area contributed by atoms with Crippen LogP contribution in [-0.4, -0.2) is 68.3 Å². The first-order valence-corrected chi connectivity index (χ1v) is 6.30. The largest absolute Gasteiger partial charge is 0.497 e. The molecule has 106 valence electrons. The molecule has 0 unspecified atom stereocenters. The van der Waals surface area contributed by atoms with E-state index in [0.29, 0.717) is 11.2 Å². The Hall–Kier alpha value is -1.08. The van der Waals surface area contributed by atoms with Crippen LogP contribution in [-0.2, 0) is 6.54 Å². The Balaban J connectivity index is 2.71. The van der Waals surface area contributed by atoms with Crippen molar-refractivity contribution in [2.24, 2.45) is 0 Å². The Labute approximate surface area is 115 Å². The van der Waals surface area contributed by atoms with Gasteiger partial charge < -0.3 is 24.6 Å². The van der Waals surface area contributed by atoms with Gasteiger partial charge in [-0.1, -0.05) is 12.1 Å². The Kier molecular flexibility index (Phi) is 6.31. The van der Waals surface area contributed by atoms with E-state index in [-0.39, 0.29) is 0 Å². The fraction of sp³-hybridized carbons (Fsp3) is 0.538. The third-order valence-corrected chi connectivity index (χ3v) is 2.95. The second-order valence-corrected chi connectivity index (χ2v) is 4.99. The van der Waals surface area contributed by atoms with E-state index >= 15 is 0 Å². The van der Waals surface area contributed by atoms with Crippen LogP contribution in [0.3, 0.4) is 0 Å². The van der Waals surface area contributed by atoms with Crippen molar-refractivity contribution in [3.63, 3.8) is 0 Å². The Morgan fingerprint density at radius 2 is 1.84 bits per heavy atom. The monoisotopic (exact) mass is 266 g/mol. The number of nitrogens with zero attached hydrogens (tertiary/aromatic N) is 2. The summed E-state index contributed by atoms with van der Waals surface area (Å²) in [7, 11) is 6.14. The summed E-state index contributed by atoms with van der Waals surface area (Å²) in [6, 6.07) is 5.48. The molecular formula is C13H23BN2O3. The number of methoxy groups -OCH3 is 1. The van der Waals surface area contributed by atoms with Crippen LogP contribution in [0.25, 0.3) is 0 Å². The molecule has 0 amide bonds. The van der Waals surface area contributed by atoms with Gasteiger partial charge in [0.25, 0.3) is 0 Å². The summed E-state index contributed by atoms with van der Waals surface area (Å²) in [5.74, 6) is 0.495. The zero-order valence-electron chi connectivity index (χ0n) is 12.1. The first-order chi connectivity index (χ1) is 8.93.